The van der Waals surface area contributed by atoms with E-state index < -0.39 is 15.6 Å². The molecule has 0 aliphatic rings. The summed E-state index contributed by atoms with van der Waals surface area (Å²) in [4.78, 5) is 12.6. The van der Waals surface area contributed by atoms with E-state index in [2.05, 4.69) is 17.1 Å². The zero-order valence-electron chi connectivity index (χ0n) is 15.6. The summed E-state index contributed by atoms with van der Waals surface area (Å²) in [5.41, 5.74) is 1.48. The normalized spacial score (nSPS) is 12.2. The topological polar surface area (TPSA) is 91.8 Å². The summed E-state index contributed by atoms with van der Waals surface area (Å²) in [6.07, 6.45) is 3.32. The van der Waals surface area contributed by atoms with E-state index in [1.807, 2.05) is 6.92 Å². The summed E-state index contributed by atoms with van der Waals surface area (Å²) in [7, 11) is -2.46. The first-order chi connectivity index (χ1) is 12.2. The molecule has 9 heteroatoms. The van der Waals surface area contributed by atoms with Crippen molar-refractivity contribution in [2.24, 2.45) is 7.05 Å². The van der Waals surface area contributed by atoms with E-state index in [1.54, 1.807) is 25.6 Å². The Morgan fingerprint density at radius 3 is 2.42 bits per heavy atom. The molecule has 0 aliphatic heterocycles. The second-order valence-electron chi connectivity index (χ2n) is 6.55. The Morgan fingerprint density at radius 2 is 1.85 bits per heavy atom. The van der Waals surface area contributed by atoms with Gasteiger partial charge in [-0.15, -0.1) is 0 Å². The van der Waals surface area contributed by atoms with Crippen LogP contribution in [0.15, 0.2) is 22.0 Å². The summed E-state index contributed by atoms with van der Waals surface area (Å²) in [5, 5.41) is 9.26. The molecule has 0 bridgehead atoms. The molecule has 3 rings (SSSR count). The summed E-state index contributed by atoms with van der Waals surface area (Å²) in [6.45, 7) is 8.06. The lowest BCUT2D eigenvalue weighted by Gasteiger charge is -2.08. The van der Waals surface area contributed by atoms with E-state index in [0.717, 1.165) is 28.1 Å². The molecular weight excluding hydrogens is 354 g/mol. The van der Waals surface area contributed by atoms with Crippen LogP contribution in [0.1, 0.15) is 36.7 Å². The average molecular weight is 377 g/mol. The fourth-order valence-electron chi connectivity index (χ4n) is 3.24. The third-order valence-corrected chi connectivity index (χ3v) is 6.32. The molecule has 0 fully saturated rings. The highest BCUT2D eigenvalue weighted by atomic mass is 32.2. The van der Waals surface area contributed by atoms with E-state index >= 15 is 0 Å². The van der Waals surface area contributed by atoms with Gasteiger partial charge in [-0.3, -0.25) is 14.2 Å². The fourth-order valence-corrected chi connectivity index (χ4v) is 4.78. The number of unbranched alkanes of at least 4 members (excludes halogenated alkanes) is 1. The van der Waals surface area contributed by atoms with Crippen molar-refractivity contribution in [2.45, 2.75) is 52.0 Å². The highest BCUT2D eigenvalue weighted by molar-refractivity contribution is 7.90. The smallest absolute Gasteiger partial charge is 0.274 e. The molecule has 0 aromatic carbocycles. The van der Waals surface area contributed by atoms with Gasteiger partial charge in [-0.2, -0.15) is 14.2 Å². The summed E-state index contributed by atoms with van der Waals surface area (Å²) in [5.74, 6) is 0. The molecule has 3 aromatic rings. The van der Waals surface area contributed by atoms with Crippen LogP contribution in [0.4, 0.5) is 0 Å². The van der Waals surface area contributed by atoms with Gasteiger partial charge in [0, 0.05) is 36.9 Å². The van der Waals surface area contributed by atoms with Crippen LogP contribution in [-0.4, -0.2) is 32.0 Å². The lowest BCUT2D eigenvalue weighted by atomic mass is 10.2. The van der Waals surface area contributed by atoms with E-state index in [-0.39, 0.29) is 10.5 Å². The first-order valence-electron chi connectivity index (χ1n) is 8.54. The molecule has 8 nitrogen and oxygen atoms in total. The maximum atomic E-state index is 13.2. The Bertz CT molecular complexity index is 1150. The molecule has 0 spiro atoms. The van der Waals surface area contributed by atoms with Crippen molar-refractivity contribution >= 4 is 21.1 Å². The van der Waals surface area contributed by atoms with Crippen LogP contribution >= 0.6 is 0 Å². The lowest BCUT2D eigenvalue weighted by Crippen LogP contribution is -2.28. The molecule has 0 unspecified atom stereocenters. The van der Waals surface area contributed by atoms with Crippen molar-refractivity contribution < 1.29 is 8.42 Å². The second kappa shape index (κ2) is 6.39. The van der Waals surface area contributed by atoms with E-state index in [1.165, 1.54) is 16.9 Å². The lowest BCUT2D eigenvalue weighted by molar-refractivity contribution is 0.560. The van der Waals surface area contributed by atoms with Crippen LogP contribution in [-0.2, 0) is 23.6 Å². The van der Waals surface area contributed by atoms with Crippen LogP contribution in [0.25, 0.3) is 11.0 Å². The minimum atomic E-state index is -4.10. The van der Waals surface area contributed by atoms with Crippen molar-refractivity contribution in [1.82, 2.24) is 23.5 Å². The van der Waals surface area contributed by atoms with Crippen molar-refractivity contribution in [2.75, 3.05) is 0 Å². The van der Waals surface area contributed by atoms with Gasteiger partial charge in [0.2, 0.25) is 0 Å². The van der Waals surface area contributed by atoms with Gasteiger partial charge in [-0.25, -0.2) is 8.42 Å². The number of fused-ring (bicyclic) bond motifs is 1. The minimum absolute atomic E-state index is 0.00742. The zero-order valence-corrected chi connectivity index (χ0v) is 16.5. The summed E-state index contributed by atoms with van der Waals surface area (Å²) < 4.78 is 30.4. The van der Waals surface area contributed by atoms with Crippen LogP contribution < -0.4 is 5.56 Å². The monoisotopic (exact) mass is 377 g/mol. The van der Waals surface area contributed by atoms with Crippen molar-refractivity contribution in [3.8, 4) is 0 Å². The summed E-state index contributed by atoms with van der Waals surface area (Å²) in [6, 6.07) is 1.35. The largest absolute Gasteiger partial charge is 0.275 e. The van der Waals surface area contributed by atoms with Crippen molar-refractivity contribution in [3.63, 3.8) is 0 Å². The minimum Gasteiger partial charge on any atom is -0.274 e. The Labute approximate surface area is 152 Å². The Kier molecular flexibility index (Phi) is 4.51. The van der Waals surface area contributed by atoms with Crippen molar-refractivity contribution in [3.05, 3.63) is 39.6 Å². The van der Waals surface area contributed by atoms with Gasteiger partial charge >= 0.3 is 0 Å². The molecule has 0 aliphatic carbocycles. The number of aryl methyl sites for hydroxylation is 5. The highest BCUT2D eigenvalue weighted by Gasteiger charge is 2.28. The quantitative estimate of drug-likeness (QED) is 0.677. The number of rotatable bonds is 5. The van der Waals surface area contributed by atoms with Gasteiger partial charge in [0.15, 0.2) is 5.65 Å². The highest BCUT2D eigenvalue weighted by Crippen LogP contribution is 2.24. The molecule has 0 atom stereocenters. The number of hydrogen-bond donors (Lipinski definition) is 0. The molecule has 0 radical (unpaired) electrons. The van der Waals surface area contributed by atoms with Crippen LogP contribution in [0.5, 0.6) is 0 Å². The first kappa shape index (κ1) is 18.4. The van der Waals surface area contributed by atoms with E-state index in [4.69, 9.17) is 0 Å². The maximum absolute atomic E-state index is 13.2. The number of aromatic nitrogens is 5. The van der Waals surface area contributed by atoms with E-state index in [9.17, 15) is 13.2 Å². The van der Waals surface area contributed by atoms with E-state index in [0.29, 0.717) is 17.6 Å². The number of pyridine rings is 1. The molecule has 0 amide bonds. The van der Waals surface area contributed by atoms with Gasteiger partial charge in [0.25, 0.3) is 15.6 Å². The maximum Gasteiger partial charge on any atom is 0.275 e. The van der Waals surface area contributed by atoms with Gasteiger partial charge in [-0.1, -0.05) is 13.3 Å². The van der Waals surface area contributed by atoms with Gasteiger partial charge in [-0.05, 0) is 32.8 Å². The average Bonchev–Trinajstić information content (AvgIpc) is 3.05. The molecule has 3 heterocycles. The Morgan fingerprint density at radius 1 is 1.15 bits per heavy atom. The SMILES string of the molecule is CCCCn1nc2c(c(C)cc(=O)n2S(=O)(=O)c2cn(C)nc2C)c1C. The summed E-state index contributed by atoms with van der Waals surface area (Å²) >= 11 is 0. The molecule has 3 aromatic heterocycles. The Balaban J connectivity index is 2.36. The molecule has 26 heavy (non-hydrogen) atoms. The number of hydrogen-bond acceptors (Lipinski definition) is 5. The fraction of sp³-hybridized carbons (Fsp3) is 0.471. The van der Waals surface area contributed by atoms with Crippen LogP contribution in [0.3, 0.4) is 0 Å². The third-order valence-electron chi connectivity index (χ3n) is 4.53. The number of nitrogens with zero attached hydrogens (tertiary/aromatic N) is 5. The van der Waals surface area contributed by atoms with Crippen molar-refractivity contribution in [1.29, 1.82) is 0 Å². The van der Waals surface area contributed by atoms with Gasteiger partial charge < -0.3 is 0 Å². The standard InChI is InChI=1S/C17H23N5O3S/c1-6-7-8-21-13(4)16-11(2)9-15(23)22(17(16)19-21)26(24,25)14-10-20(5)18-12(14)3/h9-10H,6-8H2,1-5H3. The van der Waals surface area contributed by atoms with Crippen LogP contribution in [0.2, 0.25) is 0 Å². The second-order valence-corrected chi connectivity index (χ2v) is 8.30. The Hall–Kier alpha value is -2.42. The first-order valence-corrected chi connectivity index (χ1v) is 9.98. The molecule has 0 saturated carbocycles. The predicted molar refractivity (Wildman–Crippen MR) is 98.9 cm³/mol. The molecular formula is C17H23N5O3S. The third kappa shape index (κ3) is 2.76. The molecule has 0 saturated heterocycles. The van der Waals surface area contributed by atoms with Gasteiger partial charge in [0.1, 0.15) is 4.90 Å². The molecule has 140 valence electrons. The molecule has 0 N–H and O–H groups in total. The van der Waals surface area contributed by atoms with Crippen LogP contribution in [0, 0.1) is 20.8 Å². The predicted octanol–water partition coefficient (Wildman–Crippen LogP) is 1.89. The van der Waals surface area contributed by atoms with Gasteiger partial charge in [0.05, 0.1) is 5.69 Å². The zero-order chi connectivity index (χ0) is 19.2.